The first-order valence-electron chi connectivity index (χ1n) is 8.12. The van der Waals surface area contributed by atoms with Crippen LogP contribution in [0.1, 0.15) is 20.1 Å². The average molecular weight is 367 g/mol. The normalized spacial score (nSPS) is 25.9. The van der Waals surface area contributed by atoms with Gasteiger partial charge in [-0.25, -0.2) is 4.98 Å². The molecule has 3 rings (SSSR count). The molecule has 2 aromatic heterocycles. The minimum atomic E-state index is -1.11. The van der Waals surface area contributed by atoms with Crippen LogP contribution in [-0.4, -0.2) is 67.7 Å². The third-order valence-corrected chi connectivity index (χ3v) is 4.23. The van der Waals surface area contributed by atoms with Gasteiger partial charge >= 0.3 is 0 Å². The van der Waals surface area contributed by atoms with Crippen molar-refractivity contribution in [3.63, 3.8) is 0 Å². The summed E-state index contributed by atoms with van der Waals surface area (Å²) in [5.74, 6) is -0.637. The van der Waals surface area contributed by atoms with E-state index in [-0.39, 0.29) is 35.5 Å². The van der Waals surface area contributed by atoms with Crippen molar-refractivity contribution in [3.05, 3.63) is 16.7 Å². The molecule has 0 aliphatic carbocycles. The molecular formula is C15H21N5O6. The van der Waals surface area contributed by atoms with E-state index in [9.17, 15) is 19.8 Å². The van der Waals surface area contributed by atoms with Crippen molar-refractivity contribution in [3.8, 4) is 0 Å². The van der Waals surface area contributed by atoms with E-state index in [2.05, 4.69) is 20.3 Å². The second-order valence-electron chi connectivity index (χ2n) is 6.32. The Balaban J connectivity index is 2.01. The number of nitrogens with one attached hydrogen (secondary N) is 2. The first kappa shape index (κ1) is 18.5. The fourth-order valence-corrected chi connectivity index (χ4v) is 2.82. The van der Waals surface area contributed by atoms with Crippen molar-refractivity contribution < 1.29 is 24.5 Å². The van der Waals surface area contributed by atoms with Gasteiger partial charge in [0.2, 0.25) is 11.9 Å². The molecule has 0 unspecified atom stereocenters. The standard InChI is InChI=1S/C15H21N5O6/c1-6(2)12(23)18-15-17-11-8(13(24)19-15)16-5-20(11)14-9(22)10(25-3)7(4-21)26-14/h5-7,9-10,14,21-22H,4H2,1-3H3,(H2,17,18,19,23,24)/t7-,9-,10-,14-/m1/s1. The lowest BCUT2D eigenvalue weighted by Gasteiger charge is -2.18. The van der Waals surface area contributed by atoms with Crippen molar-refractivity contribution in [2.45, 2.75) is 38.4 Å². The van der Waals surface area contributed by atoms with E-state index in [1.54, 1.807) is 13.8 Å². The highest BCUT2D eigenvalue weighted by Gasteiger charge is 2.45. The Morgan fingerprint density at radius 1 is 1.54 bits per heavy atom. The second kappa shape index (κ2) is 7.11. The Morgan fingerprint density at radius 3 is 2.85 bits per heavy atom. The molecule has 1 aliphatic rings. The van der Waals surface area contributed by atoms with E-state index in [4.69, 9.17) is 9.47 Å². The Morgan fingerprint density at radius 2 is 2.27 bits per heavy atom. The van der Waals surface area contributed by atoms with Gasteiger partial charge in [0.15, 0.2) is 17.4 Å². The van der Waals surface area contributed by atoms with E-state index >= 15 is 0 Å². The van der Waals surface area contributed by atoms with E-state index in [0.717, 1.165) is 0 Å². The fourth-order valence-electron chi connectivity index (χ4n) is 2.82. The Labute approximate surface area is 148 Å². The minimum absolute atomic E-state index is 0.0302. The van der Waals surface area contributed by atoms with Gasteiger partial charge in [-0.3, -0.25) is 24.5 Å². The van der Waals surface area contributed by atoms with E-state index in [1.807, 2.05) is 0 Å². The summed E-state index contributed by atoms with van der Waals surface area (Å²) >= 11 is 0. The molecule has 1 fully saturated rings. The predicted octanol–water partition coefficient (Wildman–Crippen LogP) is -1.02. The molecule has 11 nitrogen and oxygen atoms in total. The molecule has 0 bridgehead atoms. The van der Waals surface area contributed by atoms with Gasteiger partial charge in [0.05, 0.1) is 12.9 Å². The zero-order valence-corrected chi connectivity index (χ0v) is 14.5. The molecule has 4 atom stereocenters. The van der Waals surface area contributed by atoms with Crippen LogP contribution in [0.25, 0.3) is 11.2 Å². The van der Waals surface area contributed by atoms with Crippen LogP contribution in [0.2, 0.25) is 0 Å². The van der Waals surface area contributed by atoms with Crippen LogP contribution >= 0.6 is 0 Å². The third kappa shape index (κ3) is 3.09. The van der Waals surface area contributed by atoms with Crippen LogP contribution in [0, 0.1) is 5.92 Å². The topological polar surface area (TPSA) is 152 Å². The summed E-state index contributed by atoms with van der Waals surface area (Å²) in [7, 11) is 1.40. The Hall–Kier alpha value is -2.34. The number of amides is 1. The number of aromatic amines is 1. The van der Waals surface area contributed by atoms with Crippen LogP contribution in [0.3, 0.4) is 0 Å². The van der Waals surface area contributed by atoms with Gasteiger partial charge in [0, 0.05) is 13.0 Å². The number of imidazole rings is 1. The average Bonchev–Trinajstić information content (AvgIpc) is 3.15. The molecule has 11 heteroatoms. The first-order valence-corrected chi connectivity index (χ1v) is 8.12. The van der Waals surface area contributed by atoms with E-state index in [1.165, 1.54) is 18.0 Å². The zero-order valence-electron chi connectivity index (χ0n) is 14.5. The molecule has 4 N–H and O–H groups in total. The number of carbonyl (C=O) groups excluding carboxylic acids is 1. The summed E-state index contributed by atoms with van der Waals surface area (Å²) in [5, 5.41) is 22.4. The van der Waals surface area contributed by atoms with Crippen LogP contribution < -0.4 is 10.9 Å². The number of nitrogens with zero attached hydrogens (tertiary/aromatic N) is 3. The van der Waals surface area contributed by atoms with Crippen molar-refractivity contribution in [2.24, 2.45) is 5.92 Å². The summed E-state index contributed by atoms with van der Waals surface area (Å²) in [4.78, 5) is 34.7. The number of hydrogen-bond acceptors (Lipinski definition) is 8. The SMILES string of the molecule is CO[C@H]1[C@@H](O)[C@H](n2cnc3c(=O)[nH]c(NC(=O)C(C)C)nc32)O[C@@H]1CO. The summed E-state index contributed by atoms with van der Waals surface area (Å²) in [6.07, 6.45) is -2.24. The molecule has 0 spiro atoms. The number of ether oxygens (including phenoxy) is 2. The Bertz CT molecular complexity index is 862. The number of anilines is 1. The molecule has 1 aliphatic heterocycles. The third-order valence-electron chi connectivity index (χ3n) is 4.23. The van der Waals surface area contributed by atoms with Gasteiger partial charge in [-0.2, -0.15) is 4.98 Å². The van der Waals surface area contributed by atoms with Gasteiger partial charge in [-0.1, -0.05) is 13.8 Å². The number of aliphatic hydroxyl groups excluding tert-OH is 2. The number of hydrogen-bond donors (Lipinski definition) is 4. The lowest BCUT2D eigenvalue weighted by molar-refractivity contribution is -0.118. The molecule has 1 amide bonds. The molecule has 2 aromatic rings. The molecule has 0 aromatic carbocycles. The van der Waals surface area contributed by atoms with Gasteiger partial charge in [-0.15, -0.1) is 0 Å². The molecule has 0 radical (unpaired) electrons. The van der Waals surface area contributed by atoms with Crippen LogP contribution in [0.5, 0.6) is 0 Å². The highest BCUT2D eigenvalue weighted by Crippen LogP contribution is 2.32. The van der Waals surface area contributed by atoms with Crippen molar-refractivity contribution in [1.82, 2.24) is 19.5 Å². The summed E-state index contributed by atoms with van der Waals surface area (Å²) in [6.45, 7) is 3.07. The molecule has 0 saturated carbocycles. The predicted molar refractivity (Wildman–Crippen MR) is 89.4 cm³/mol. The van der Waals surface area contributed by atoms with Crippen LogP contribution in [0.4, 0.5) is 5.95 Å². The smallest absolute Gasteiger partial charge is 0.280 e. The summed E-state index contributed by atoms with van der Waals surface area (Å²) < 4.78 is 12.2. The lowest BCUT2D eigenvalue weighted by atomic mass is 10.1. The molecular weight excluding hydrogens is 346 g/mol. The maximum Gasteiger partial charge on any atom is 0.280 e. The molecule has 26 heavy (non-hydrogen) atoms. The highest BCUT2D eigenvalue weighted by molar-refractivity contribution is 5.91. The monoisotopic (exact) mass is 367 g/mol. The molecule has 1 saturated heterocycles. The van der Waals surface area contributed by atoms with Gasteiger partial charge in [0.25, 0.3) is 5.56 Å². The minimum Gasteiger partial charge on any atom is -0.394 e. The fraction of sp³-hybridized carbons (Fsp3) is 0.600. The largest absolute Gasteiger partial charge is 0.394 e. The summed E-state index contributed by atoms with van der Waals surface area (Å²) in [5.41, 5.74) is -0.377. The lowest BCUT2D eigenvalue weighted by Crippen LogP contribution is -2.35. The maximum atomic E-state index is 12.2. The quantitative estimate of drug-likeness (QED) is 0.524. The summed E-state index contributed by atoms with van der Waals surface area (Å²) in [6, 6.07) is 0. The second-order valence-corrected chi connectivity index (χ2v) is 6.32. The van der Waals surface area contributed by atoms with E-state index in [0.29, 0.717) is 0 Å². The highest BCUT2D eigenvalue weighted by atomic mass is 16.6. The number of fused-ring (bicyclic) bond motifs is 1. The van der Waals surface area contributed by atoms with Crippen molar-refractivity contribution in [2.75, 3.05) is 19.0 Å². The zero-order chi connectivity index (χ0) is 19.0. The van der Waals surface area contributed by atoms with Crippen LogP contribution in [0.15, 0.2) is 11.1 Å². The number of aromatic nitrogens is 4. The molecule has 3 heterocycles. The maximum absolute atomic E-state index is 12.2. The number of carbonyl (C=O) groups is 1. The van der Waals surface area contributed by atoms with Crippen molar-refractivity contribution >= 4 is 23.0 Å². The molecule has 142 valence electrons. The number of methoxy groups -OCH3 is 1. The van der Waals surface area contributed by atoms with Crippen LogP contribution in [-0.2, 0) is 14.3 Å². The van der Waals surface area contributed by atoms with Gasteiger partial charge in [-0.05, 0) is 0 Å². The Kier molecular flexibility index (Phi) is 5.05. The van der Waals surface area contributed by atoms with Gasteiger partial charge in [0.1, 0.15) is 18.3 Å². The van der Waals surface area contributed by atoms with Crippen molar-refractivity contribution in [1.29, 1.82) is 0 Å². The number of rotatable bonds is 5. The first-order chi connectivity index (χ1) is 12.4. The van der Waals surface area contributed by atoms with Gasteiger partial charge < -0.3 is 19.7 Å². The number of aliphatic hydroxyl groups is 2. The number of H-pyrrole nitrogens is 1. The van der Waals surface area contributed by atoms with E-state index < -0.39 is 30.1 Å².